The van der Waals surface area contributed by atoms with E-state index in [2.05, 4.69) is 0 Å². The lowest BCUT2D eigenvalue weighted by Gasteiger charge is -2.04. The van der Waals surface area contributed by atoms with E-state index in [1.807, 2.05) is 37.3 Å². The van der Waals surface area contributed by atoms with E-state index in [0.29, 0.717) is 12.8 Å². The second kappa shape index (κ2) is 9.18. The van der Waals surface area contributed by atoms with Crippen LogP contribution in [0.3, 0.4) is 0 Å². The Balaban J connectivity index is 0.000000411. The van der Waals surface area contributed by atoms with E-state index >= 15 is 0 Å². The lowest BCUT2D eigenvalue weighted by atomic mass is 10.1. The van der Waals surface area contributed by atoms with Gasteiger partial charge in [0.25, 0.3) is 0 Å². The minimum absolute atomic E-state index is 0.211. The number of carbonyl (C=O) groups excluding carboxylic acids is 1. The standard InChI is InChI=1S/C9H11NO2.C4H9NO/c10-8(9(11)12)6-7-4-2-1-3-5-7;1-2-3-4(5)6/h1-5,8H,6,10H2,(H,11,12);2-3H2,1H3,(H2,5,6)/t8-;/m0./s1. The largest absolute Gasteiger partial charge is 0.480 e. The first kappa shape index (κ1) is 16.1. The molecule has 0 saturated heterocycles. The van der Waals surface area contributed by atoms with E-state index in [1.54, 1.807) is 0 Å². The molecule has 0 heterocycles. The van der Waals surface area contributed by atoms with Gasteiger partial charge in [0.15, 0.2) is 0 Å². The summed E-state index contributed by atoms with van der Waals surface area (Å²) in [4.78, 5) is 20.2. The number of benzene rings is 1. The van der Waals surface area contributed by atoms with Crippen LogP contribution < -0.4 is 11.5 Å². The monoisotopic (exact) mass is 252 g/mol. The molecule has 0 aromatic heterocycles. The number of aliphatic carboxylic acids is 1. The van der Waals surface area contributed by atoms with Crippen LogP contribution in [0, 0.1) is 0 Å². The fourth-order valence-electron chi connectivity index (χ4n) is 1.20. The maximum atomic E-state index is 10.4. The molecule has 5 nitrogen and oxygen atoms in total. The Bertz CT molecular complexity index is 366. The van der Waals surface area contributed by atoms with Crippen LogP contribution in [0.4, 0.5) is 0 Å². The summed E-state index contributed by atoms with van der Waals surface area (Å²) in [5.41, 5.74) is 11.1. The first-order valence-electron chi connectivity index (χ1n) is 5.78. The fourth-order valence-corrected chi connectivity index (χ4v) is 1.20. The molecule has 100 valence electrons. The summed E-state index contributed by atoms with van der Waals surface area (Å²) < 4.78 is 0. The number of carboxylic acid groups (broad SMARTS) is 1. The SMILES string of the molecule is CCCC(N)=O.N[C@@H](Cc1ccccc1)C(=O)O. The van der Waals surface area contributed by atoms with E-state index in [4.69, 9.17) is 16.6 Å². The van der Waals surface area contributed by atoms with Crippen LogP contribution in [0.1, 0.15) is 25.3 Å². The van der Waals surface area contributed by atoms with Crippen molar-refractivity contribution in [3.8, 4) is 0 Å². The molecule has 1 amide bonds. The van der Waals surface area contributed by atoms with E-state index < -0.39 is 12.0 Å². The van der Waals surface area contributed by atoms with Crippen LogP contribution in [0.5, 0.6) is 0 Å². The van der Waals surface area contributed by atoms with Crippen LogP contribution in [0.15, 0.2) is 30.3 Å². The summed E-state index contributed by atoms with van der Waals surface area (Å²) in [7, 11) is 0. The van der Waals surface area contributed by atoms with Crippen molar-refractivity contribution >= 4 is 11.9 Å². The normalized spacial score (nSPS) is 11.0. The number of amides is 1. The fraction of sp³-hybridized carbons (Fsp3) is 0.385. The van der Waals surface area contributed by atoms with Gasteiger partial charge in [-0.2, -0.15) is 0 Å². The van der Waals surface area contributed by atoms with Crippen LogP contribution in [-0.4, -0.2) is 23.0 Å². The zero-order valence-corrected chi connectivity index (χ0v) is 10.5. The predicted molar refractivity (Wildman–Crippen MR) is 69.9 cm³/mol. The third-order valence-corrected chi connectivity index (χ3v) is 2.11. The van der Waals surface area contributed by atoms with Crippen molar-refractivity contribution in [2.75, 3.05) is 0 Å². The van der Waals surface area contributed by atoms with Crippen molar-refractivity contribution in [2.45, 2.75) is 32.2 Å². The minimum atomic E-state index is -0.959. The second-order valence-electron chi connectivity index (χ2n) is 3.85. The molecule has 0 aliphatic carbocycles. The molecule has 18 heavy (non-hydrogen) atoms. The average Bonchev–Trinajstić information content (AvgIpc) is 2.30. The van der Waals surface area contributed by atoms with Crippen LogP contribution >= 0.6 is 0 Å². The van der Waals surface area contributed by atoms with Crippen LogP contribution in [-0.2, 0) is 16.0 Å². The van der Waals surface area contributed by atoms with Crippen molar-refractivity contribution in [2.24, 2.45) is 11.5 Å². The molecule has 0 bridgehead atoms. The molecule has 1 rings (SSSR count). The molecular weight excluding hydrogens is 232 g/mol. The van der Waals surface area contributed by atoms with Gasteiger partial charge >= 0.3 is 5.97 Å². The van der Waals surface area contributed by atoms with Crippen molar-refractivity contribution in [1.82, 2.24) is 0 Å². The number of hydrogen-bond acceptors (Lipinski definition) is 3. The molecular formula is C13H20N2O3. The Labute approximate surface area is 107 Å². The molecule has 0 aliphatic rings. The van der Waals surface area contributed by atoms with Gasteiger partial charge in [-0.3, -0.25) is 9.59 Å². The summed E-state index contributed by atoms with van der Waals surface area (Å²) in [5.74, 6) is -1.17. The third kappa shape index (κ3) is 8.29. The van der Waals surface area contributed by atoms with Crippen molar-refractivity contribution in [3.63, 3.8) is 0 Å². The van der Waals surface area contributed by atoms with Gasteiger partial charge in [0, 0.05) is 6.42 Å². The molecule has 5 N–H and O–H groups in total. The van der Waals surface area contributed by atoms with Gasteiger partial charge in [0.2, 0.25) is 5.91 Å². The van der Waals surface area contributed by atoms with Crippen molar-refractivity contribution < 1.29 is 14.7 Å². The number of rotatable bonds is 5. The van der Waals surface area contributed by atoms with E-state index in [-0.39, 0.29) is 5.91 Å². The van der Waals surface area contributed by atoms with Gasteiger partial charge in [0.1, 0.15) is 6.04 Å². The summed E-state index contributed by atoms with van der Waals surface area (Å²) in [6.45, 7) is 1.92. The zero-order chi connectivity index (χ0) is 14.0. The average molecular weight is 252 g/mol. The summed E-state index contributed by atoms with van der Waals surface area (Å²) in [5, 5.41) is 8.52. The number of primary amides is 1. The smallest absolute Gasteiger partial charge is 0.320 e. The van der Waals surface area contributed by atoms with Gasteiger partial charge in [-0.25, -0.2) is 0 Å². The first-order valence-corrected chi connectivity index (χ1v) is 5.78. The first-order chi connectivity index (χ1) is 8.47. The molecule has 0 fully saturated rings. The van der Waals surface area contributed by atoms with Gasteiger partial charge in [-0.15, -0.1) is 0 Å². The lowest BCUT2D eigenvalue weighted by molar-refractivity contribution is -0.138. The highest BCUT2D eigenvalue weighted by Crippen LogP contribution is 2.01. The zero-order valence-electron chi connectivity index (χ0n) is 10.5. The Kier molecular flexibility index (Phi) is 8.22. The van der Waals surface area contributed by atoms with Gasteiger partial charge < -0.3 is 16.6 Å². The number of hydrogen-bond donors (Lipinski definition) is 3. The Hall–Kier alpha value is -1.88. The molecule has 0 aliphatic heterocycles. The molecule has 1 aromatic rings. The highest BCUT2D eigenvalue weighted by atomic mass is 16.4. The van der Waals surface area contributed by atoms with Crippen molar-refractivity contribution in [1.29, 1.82) is 0 Å². The number of carbonyl (C=O) groups is 2. The minimum Gasteiger partial charge on any atom is -0.480 e. The Morgan fingerprint density at radius 3 is 2.17 bits per heavy atom. The highest BCUT2D eigenvalue weighted by Gasteiger charge is 2.10. The van der Waals surface area contributed by atoms with Gasteiger partial charge in [-0.1, -0.05) is 37.3 Å². The molecule has 0 unspecified atom stereocenters. The lowest BCUT2D eigenvalue weighted by Crippen LogP contribution is -2.32. The predicted octanol–water partition coefficient (Wildman–Crippen LogP) is 0.913. The quantitative estimate of drug-likeness (QED) is 0.724. The Morgan fingerprint density at radius 2 is 1.83 bits per heavy atom. The van der Waals surface area contributed by atoms with E-state index in [9.17, 15) is 9.59 Å². The molecule has 0 saturated carbocycles. The molecule has 0 radical (unpaired) electrons. The maximum absolute atomic E-state index is 10.4. The van der Waals surface area contributed by atoms with Gasteiger partial charge in [0.05, 0.1) is 0 Å². The van der Waals surface area contributed by atoms with Gasteiger partial charge in [-0.05, 0) is 18.4 Å². The van der Waals surface area contributed by atoms with Crippen LogP contribution in [0.2, 0.25) is 0 Å². The molecule has 1 aromatic carbocycles. The number of carboxylic acids is 1. The summed E-state index contributed by atoms with van der Waals surface area (Å²) >= 11 is 0. The topological polar surface area (TPSA) is 106 Å². The van der Waals surface area contributed by atoms with Crippen molar-refractivity contribution in [3.05, 3.63) is 35.9 Å². The maximum Gasteiger partial charge on any atom is 0.320 e. The van der Waals surface area contributed by atoms with Crippen LogP contribution in [0.25, 0.3) is 0 Å². The molecule has 0 spiro atoms. The number of nitrogens with two attached hydrogens (primary N) is 2. The highest BCUT2D eigenvalue weighted by molar-refractivity contribution is 5.73. The summed E-state index contributed by atoms with van der Waals surface area (Å²) in [6.07, 6.45) is 1.76. The third-order valence-electron chi connectivity index (χ3n) is 2.11. The summed E-state index contributed by atoms with van der Waals surface area (Å²) in [6, 6.07) is 8.54. The van der Waals surface area contributed by atoms with E-state index in [0.717, 1.165) is 12.0 Å². The van der Waals surface area contributed by atoms with E-state index in [1.165, 1.54) is 0 Å². The molecule has 5 heteroatoms. The second-order valence-corrected chi connectivity index (χ2v) is 3.85. The molecule has 1 atom stereocenters. The Morgan fingerprint density at radius 1 is 1.28 bits per heavy atom.